The monoisotopic (exact) mass is 260 g/mol. The van der Waals surface area contributed by atoms with Gasteiger partial charge in [0.25, 0.3) is 0 Å². The van der Waals surface area contributed by atoms with Gasteiger partial charge in [-0.15, -0.1) is 0 Å². The minimum absolute atomic E-state index is 0.251. The Kier molecular flexibility index (Phi) is 4.22. The summed E-state index contributed by atoms with van der Waals surface area (Å²) in [5.41, 5.74) is 2.40. The molecular weight excluding hydrogens is 240 g/mol. The Morgan fingerprint density at radius 3 is 2.84 bits per heavy atom. The van der Waals surface area contributed by atoms with Crippen molar-refractivity contribution in [3.8, 4) is 0 Å². The highest BCUT2D eigenvalue weighted by atomic mass is 16.4. The molecule has 0 unspecified atom stereocenters. The first-order valence-corrected chi connectivity index (χ1v) is 6.59. The number of aromatic nitrogens is 1. The molecule has 2 rings (SSSR count). The Balaban J connectivity index is 1.95. The molecule has 102 valence electrons. The molecule has 2 atom stereocenters. The highest BCUT2D eigenvalue weighted by molar-refractivity contribution is 5.83. The number of hydrogen-bond acceptors (Lipinski definition) is 2. The molecule has 0 amide bonds. The summed E-state index contributed by atoms with van der Waals surface area (Å²) in [6.07, 6.45) is 2.92. The van der Waals surface area contributed by atoms with Crippen molar-refractivity contribution in [2.24, 2.45) is 5.92 Å². The van der Waals surface area contributed by atoms with Crippen LogP contribution in [0.4, 0.5) is 0 Å². The zero-order valence-corrected chi connectivity index (χ0v) is 11.3. The summed E-state index contributed by atoms with van der Waals surface area (Å²) in [6.45, 7) is 4.29. The molecule has 0 saturated carbocycles. The van der Waals surface area contributed by atoms with Crippen molar-refractivity contribution in [2.45, 2.75) is 26.3 Å². The fourth-order valence-corrected chi connectivity index (χ4v) is 2.17. The number of carboxylic acids is 1. The quantitative estimate of drug-likeness (QED) is 0.747. The second kappa shape index (κ2) is 5.89. The Labute approximate surface area is 112 Å². The summed E-state index contributed by atoms with van der Waals surface area (Å²) >= 11 is 0. The van der Waals surface area contributed by atoms with Crippen molar-refractivity contribution in [1.29, 1.82) is 0 Å². The molecule has 0 aliphatic carbocycles. The number of hydrogen-bond donors (Lipinski definition) is 3. The van der Waals surface area contributed by atoms with Crippen LogP contribution in [0.25, 0.3) is 10.9 Å². The van der Waals surface area contributed by atoms with Gasteiger partial charge in [-0.25, -0.2) is 0 Å². The Bertz CT molecular complexity index is 562. The van der Waals surface area contributed by atoms with Crippen LogP contribution in [0.15, 0.2) is 30.5 Å². The summed E-state index contributed by atoms with van der Waals surface area (Å²) in [5, 5.41) is 13.4. The summed E-state index contributed by atoms with van der Waals surface area (Å²) in [4.78, 5) is 14.0. The average molecular weight is 260 g/mol. The first kappa shape index (κ1) is 13.6. The Morgan fingerprint density at radius 2 is 2.11 bits per heavy atom. The molecule has 3 N–H and O–H groups in total. The maximum atomic E-state index is 10.8. The summed E-state index contributed by atoms with van der Waals surface area (Å²) < 4.78 is 0. The van der Waals surface area contributed by atoms with Crippen molar-refractivity contribution >= 4 is 16.9 Å². The van der Waals surface area contributed by atoms with Crippen LogP contribution in [0.5, 0.6) is 0 Å². The molecule has 2 aromatic rings. The number of nitrogens with one attached hydrogen (secondary N) is 2. The number of fused-ring (bicyclic) bond motifs is 1. The highest BCUT2D eigenvalue weighted by Crippen LogP contribution is 2.18. The van der Waals surface area contributed by atoms with E-state index in [2.05, 4.69) is 29.4 Å². The van der Waals surface area contributed by atoms with E-state index in [0.717, 1.165) is 11.9 Å². The molecule has 0 bridgehead atoms. The average Bonchev–Trinajstić information content (AvgIpc) is 2.79. The number of aliphatic carboxylic acids is 1. The fraction of sp³-hybridized carbons (Fsp3) is 0.400. The maximum Gasteiger partial charge on any atom is 0.307 e. The van der Waals surface area contributed by atoms with Gasteiger partial charge in [0.1, 0.15) is 0 Å². The fourth-order valence-electron chi connectivity index (χ4n) is 2.17. The Morgan fingerprint density at radius 1 is 1.37 bits per heavy atom. The smallest absolute Gasteiger partial charge is 0.307 e. The third-order valence-corrected chi connectivity index (χ3v) is 3.40. The van der Waals surface area contributed by atoms with Crippen LogP contribution in [0.3, 0.4) is 0 Å². The van der Waals surface area contributed by atoms with Crippen LogP contribution in [-0.2, 0) is 11.2 Å². The van der Waals surface area contributed by atoms with Gasteiger partial charge in [-0.2, -0.15) is 0 Å². The number of rotatable bonds is 6. The lowest BCUT2D eigenvalue weighted by atomic mass is 10.1. The van der Waals surface area contributed by atoms with Gasteiger partial charge in [-0.1, -0.05) is 25.1 Å². The summed E-state index contributed by atoms with van der Waals surface area (Å²) in [7, 11) is 0. The maximum absolute atomic E-state index is 10.8. The van der Waals surface area contributed by atoms with E-state index in [1.165, 1.54) is 10.9 Å². The number of carboxylic acid groups (broad SMARTS) is 1. The molecule has 0 fully saturated rings. The molecule has 4 heteroatoms. The van der Waals surface area contributed by atoms with Gasteiger partial charge in [-0.05, 0) is 25.0 Å². The summed E-state index contributed by atoms with van der Waals surface area (Å²) in [6, 6.07) is 8.46. The second-order valence-corrected chi connectivity index (χ2v) is 5.11. The van der Waals surface area contributed by atoms with Crippen molar-refractivity contribution < 1.29 is 9.90 Å². The minimum atomic E-state index is -0.758. The van der Waals surface area contributed by atoms with E-state index in [-0.39, 0.29) is 12.0 Å². The van der Waals surface area contributed by atoms with E-state index in [0.29, 0.717) is 6.54 Å². The van der Waals surface area contributed by atoms with Crippen molar-refractivity contribution in [2.75, 3.05) is 6.54 Å². The van der Waals surface area contributed by atoms with Crippen LogP contribution in [-0.4, -0.2) is 28.6 Å². The molecule has 0 radical (unpaired) electrons. The number of para-hydroxylation sites is 1. The molecule has 4 nitrogen and oxygen atoms in total. The summed E-state index contributed by atoms with van der Waals surface area (Å²) in [5.74, 6) is -1.11. The van der Waals surface area contributed by atoms with Crippen molar-refractivity contribution in [1.82, 2.24) is 10.3 Å². The first-order valence-electron chi connectivity index (χ1n) is 6.59. The lowest BCUT2D eigenvalue weighted by molar-refractivity contribution is -0.140. The third kappa shape index (κ3) is 3.35. The molecule has 0 aliphatic rings. The van der Waals surface area contributed by atoms with Crippen molar-refractivity contribution in [3.63, 3.8) is 0 Å². The van der Waals surface area contributed by atoms with Gasteiger partial charge in [-0.3, -0.25) is 4.79 Å². The Hall–Kier alpha value is -1.81. The van der Waals surface area contributed by atoms with E-state index < -0.39 is 5.97 Å². The number of aromatic amines is 1. The molecule has 0 spiro atoms. The van der Waals surface area contributed by atoms with E-state index in [1.807, 2.05) is 18.3 Å². The number of H-pyrrole nitrogens is 1. The van der Waals surface area contributed by atoms with Gasteiger partial charge in [0.15, 0.2) is 0 Å². The highest BCUT2D eigenvalue weighted by Gasteiger charge is 2.13. The first-order chi connectivity index (χ1) is 9.08. The van der Waals surface area contributed by atoms with Crippen LogP contribution < -0.4 is 5.32 Å². The van der Waals surface area contributed by atoms with Gasteiger partial charge >= 0.3 is 5.97 Å². The van der Waals surface area contributed by atoms with Gasteiger partial charge in [0, 0.05) is 29.7 Å². The normalized spacial score (nSPS) is 14.4. The largest absolute Gasteiger partial charge is 0.481 e. The SMILES string of the molecule is C[C@H](Cc1c[nH]c2ccccc12)NC[C@H](C)C(=O)O. The van der Waals surface area contributed by atoms with Gasteiger partial charge in [0.2, 0.25) is 0 Å². The number of carbonyl (C=O) groups is 1. The standard InChI is InChI=1S/C15H20N2O2/c1-10(15(18)19)8-16-11(2)7-12-9-17-14-6-4-3-5-13(12)14/h3-6,9-11,16-17H,7-8H2,1-2H3,(H,18,19)/t10-,11+/m0/s1. The second-order valence-electron chi connectivity index (χ2n) is 5.11. The predicted octanol–water partition coefficient (Wildman–Crippen LogP) is 2.41. The van der Waals surface area contributed by atoms with Crippen LogP contribution >= 0.6 is 0 Å². The zero-order chi connectivity index (χ0) is 13.8. The van der Waals surface area contributed by atoms with Crippen LogP contribution in [0.2, 0.25) is 0 Å². The van der Waals surface area contributed by atoms with E-state index in [9.17, 15) is 4.79 Å². The minimum Gasteiger partial charge on any atom is -0.481 e. The number of benzene rings is 1. The molecule has 1 aromatic carbocycles. The topological polar surface area (TPSA) is 65.1 Å². The van der Waals surface area contributed by atoms with E-state index in [1.54, 1.807) is 6.92 Å². The third-order valence-electron chi connectivity index (χ3n) is 3.40. The molecule has 19 heavy (non-hydrogen) atoms. The predicted molar refractivity (Wildman–Crippen MR) is 76.3 cm³/mol. The van der Waals surface area contributed by atoms with Crippen molar-refractivity contribution in [3.05, 3.63) is 36.0 Å². The molecular formula is C15H20N2O2. The molecule has 0 aliphatic heterocycles. The zero-order valence-electron chi connectivity index (χ0n) is 11.3. The molecule has 1 heterocycles. The van der Waals surface area contributed by atoms with Crippen LogP contribution in [0, 0.1) is 5.92 Å². The van der Waals surface area contributed by atoms with E-state index in [4.69, 9.17) is 5.11 Å². The molecule has 1 aromatic heterocycles. The lowest BCUT2D eigenvalue weighted by Gasteiger charge is -2.15. The van der Waals surface area contributed by atoms with E-state index >= 15 is 0 Å². The van der Waals surface area contributed by atoms with Crippen LogP contribution in [0.1, 0.15) is 19.4 Å². The van der Waals surface area contributed by atoms with Gasteiger partial charge in [0.05, 0.1) is 5.92 Å². The van der Waals surface area contributed by atoms with Gasteiger partial charge < -0.3 is 15.4 Å². The molecule has 0 saturated heterocycles. The lowest BCUT2D eigenvalue weighted by Crippen LogP contribution is -2.34.